The molecule has 3 rings (SSSR count). The molecule has 0 saturated heterocycles. The number of hydrogen-bond donors (Lipinski definition) is 0. The van der Waals surface area contributed by atoms with Crippen LogP contribution in [0.2, 0.25) is 0 Å². The Kier molecular flexibility index (Phi) is 3.33. The van der Waals surface area contributed by atoms with Crippen LogP contribution < -0.4 is 4.74 Å². The van der Waals surface area contributed by atoms with Gasteiger partial charge in [0.05, 0.1) is 19.5 Å². The van der Waals surface area contributed by atoms with Crippen LogP contribution in [0.15, 0.2) is 36.7 Å². The normalized spacial score (nSPS) is 13.8. The van der Waals surface area contributed by atoms with Crippen molar-refractivity contribution in [2.75, 3.05) is 7.11 Å². The van der Waals surface area contributed by atoms with E-state index in [1.54, 1.807) is 0 Å². The van der Waals surface area contributed by atoms with Crippen LogP contribution in [0, 0.1) is 0 Å². The van der Waals surface area contributed by atoms with Gasteiger partial charge in [-0.3, -0.25) is 0 Å². The predicted molar refractivity (Wildman–Crippen MR) is 71.9 cm³/mol. The number of carbonyl (C=O) groups excluding carboxylic acids is 1. The van der Waals surface area contributed by atoms with Crippen molar-refractivity contribution >= 4 is 5.97 Å². The molecule has 1 aliphatic rings. The maximum absolute atomic E-state index is 11.6. The zero-order valence-electron chi connectivity index (χ0n) is 11.1. The molecule has 0 N–H and O–H groups in total. The van der Waals surface area contributed by atoms with Gasteiger partial charge < -0.3 is 9.47 Å². The van der Waals surface area contributed by atoms with Crippen molar-refractivity contribution in [1.29, 1.82) is 0 Å². The van der Waals surface area contributed by atoms with Gasteiger partial charge in [-0.2, -0.15) is 10.2 Å². The first-order valence-electron chi connectivity index (χ1n) is 6.45. The van der Waals surface area contributed by atoms with Gasteiger partial charge in [0.25, 0.3) is 0 Å². The third-order valence-corrected chi connectivity index (χ3v) is 3.23. The summed E-state index contributed by atoms with van der Waals surface area (Å²) < 4.78 is 10.4. The smallest absolute Gasteiger partial charge is 0.343 e. The van der Waals surface area contributed by atoms with E-state index in [2.05, 4.69) is 16.3 Å². The van der Waals surface area contributed by atoms with Crippen LogP contribution in [0.25, 0.3) is 0 Å². The molecule has 0 spiro atoms. The first-order valence-corrected chi connectivity index (χ1v) is 6.45. The van der Waals surface area contributed by atoms with Crippen molar-refractivity contribution in [3.05, 3.63) is 47.8 Å². The van der Waals surface area contributed by atoms with Gasteiger partial charge >= 0.3 is 5.97 Å². The molecule has 0 bridgehead atoms. The number of rotatable bonds is 4. The van der Waals surface area contributed by atoms with Crippen LogP contribution in [0.3, 0.4) is 0 Å². The van der Waals surface area contributed by atoms with E-state index in [4.69, 9.17) is 9.47 Å². The summed E-state index contributed by atoms with van der Waals surface area (Å²) in [5, 5.41) is 7.43. The fraction of sp³-hybridized carbons (Fsp3) is 0.267. The molecule has 2 aromatic rings. The summed E-state index contributed by atoms with van der Waals surface area (Å²) in [5.41, 5.74) is 1.53. The average Bonchev–Trinajstić information content (AvgIpc) is 3.32. The number of aromatic nitrogens is 2. The molecule has 0 amide bonds. The van der Waals surface area contributed by atoms with E-state index in [9.17, 15) is 4.79 Å². The standard InChI is InChI=1S/C15H14N2O3/c1-19-15(18)13-8-16-17-9-14(13)20-12-4-2-3-11(7-12)10-5-6-10/h2-4,7-10H,5-6H2,1H3. The summed E-state index contributed by atoms with van der Waals surface area (Å²) >= 11 is 0. The third kappa shape index (κ3) is 2.61. The van der Waals surface area contributed by atoms with Gasteiger partial charge in [0.1, 0.15) is 11.3 Å². The second-order valence-corrected chi connectivity index (χ2v) is 4.71. The van der Waals surface area contributed by atoms with Gasteiger partial charge in [0, 0.05) is 0 Å². The molecule has 20 heavy (non-hydrogen) atoms. The largest absolute Gasteiger partial charge is 0.465 e. The number of nitrogens with zero attached hydrogens (tertiary/aromatic N) is 2. The molecule has 1 aromatic carbocycles. The Bertz CT molecular complexity index is 639. The fourth-order valence-corrected chi connectivity index (χ4v) is 2.03. The van der Waals surface area contributed by atoms with Gasteiger partial charge in [-0.15, -0.1) is 0 Å². The molecular weight excluding hydrogens is 256 g/mol. The number of benzene rings is 1. The Morgan fingerprint density at radius 2 is 2.05 bits per heavy atom. The molecule has 1 aromatic heterocycles. The van der Waals surface area contributed by atoms with Gasteiger partial charge in [0.2, 0.25) is 0 Å². The summed E-state index contributed by atoms with van der Waals surface area (Å²) in [4.78, 5) is 11.6. The highest BCUT2D eigenvalue weighted by Crippen LogP contribution is 2.41. The molecule has 1 heterocycles. The van der Waals surface area contributed by atoms with E-state index in [0.29, 0.717) is 17.4 Å². The van der Waals surface area contributed by atoms with Crippen molar-refractivity contribution in [2.45, 2.75) is 18.8 Å². The van der Waals surface area contributed by atoms with E-state index in [1.807, 2.05) is 18.2 Å². The first kappa shape index (κ1) is 12.6. The highest BCUT2D eigenvalue weighted by Gasteiger charge is 2.23. The number of methoxy groups -OCH3 is 1. The maximum atomic E-state index is 11.6. The molecule has 1 saturated carbocycles. The van der Waals surface area contributed by atoms with Crippen LogP contribution in [-0.4, -0.2) is 23.3 Å². The number of esters is 1. The fourth-order valence-electron chi connectivity index (χ4n) is 2.03. The second kappa shape index (κ2) is 5.28. The molecule has 0 atom stereocenters. The minimum atomic E-state index is -0.492. The zero-order chi connectivity index (χ0) is 13.9. The van der Waals surface area contributed by atoms with Crippen LogP contribution in [-0.2, 0) is 4.74 Å². The number of hydrogen-bond acceptors (Lipinski definition) is 5. The summed E-state index contributed by atoms with van der Waals surface area (Å²) in [6, 6.07) is 7.90. The molecule has 0 aliphatic heterocycles. The lowest BCUT2D eigenvalue weighted by atomic mass is 10.1. The highest BCUT2D eigenvalue weighted by atomic mass is 16.5. The summed E-state index contributed by atoms with van der Waals surface area (Å²) in [7, 11) is 1.32. The van der Waals surface area contributed by atoms with E-state index >= 15 is 0 Å². The quantitative estimate of drug-likeness (QED) is 0.799. The molecule has 102 valence electrons. The Balaban J connectivity index is 1.87. The van der Waals surface area contributed by atoms with Crippen LogP contribution >= 0.6 is 0 Å². The van der Waals surface area contributed by atoms with Gasteiger partial charge in [-0.25, -0.2) is 4.79 Å². The SMILES string of the molecule is COC(=O)c1cnncc1Oc1cccc(C2CC2)c1. The molecule has 0 unspecified atom stereocenters. The van der Waals surface area contributed by atoms with Crippen molar-refractivity contribution in [2.24, 2.45) is 0 Å². The third-order valence-electron chi connectivity index (χ3n) is 3.23. The van der Waals surface area contributed by atoms with Gasteiger partial charge in [-0.05, 0) is 36.5 Å². The molecule has 1 aliphatic carbocycles. The summed E-state index contributed by atoms with van der Waals surface area (Å²) in [6.07, 6.45) is 5.21. The van der Waals surface area contributed by atoms with Crippen molar-refractivity contribution in [3.8, 4) is 11.5 Å². The monoisotopic (exact) mass is 270 g/mol. The highest BCUT2D eigenvalue weighted by molar-refractivity contribution is 5.91. The maximum Gasteiger partial charge on any atom is 0.343 e. The lowest BCUT2D eigenvalue weighted by Crippen LogP contribution is -2.05. The summed E-state index contributed by atoms with van der Waals surface area (Å²) in [6.45, 7) is 0. The van der Waals surface area contributed by atoms with Crippen LogP contribution in [0.5, 0.6) is 11.5 Å². The topological polar surface area (TPSA) is 61.3 Å². The lowest BCUT2D eigenvalue weighted by Gasteiger charge is -2.09. The van der Waals surface area contributed by atoms with E-state index in [1.165, 1.54) is 37.9 Å². The zero-order valence-corrected chi connectivity index (χ0v) is 11.1. The molecule has 5 nitrogen and oxygen atoms in total. The molecule has 5 heteroatoms. The minimum absolute atomic E-state index is 0.263. The average molecular weight is 270 g/mol. The lowest BCUT2D eigenvalue weighted by molar-refractivity contribution is 0.0597. The summed E-state index contributed by atoms with van der Waals surface area (Å²) in [5.74, 6) is 1.19. The Labute approximate surface area is 116 Å². The molecule has 0 radical (unpaired) electrons. The van der Waals surface area contributed by atoms with Gasteiger partial charge in [0.15, 0.2) is 5.75 Å². The Hall–Kier alpha value is -2.43. The van der Waals surface area contributed by atoms with Gasteiger partial charge in [-0.1, -0.05) is 12.1 Å². The number of carbonyl (C=O) groups is 1. The Morgan fingerprint density at radius 1 is 1.25 bits per heavy atom. The first-order chi connectivity index (χ1) is 9.78. The van der Waals surface area contributed by atoms with Crippen molar-refractivity contribution < 1.29 is 14.3 Å². The van der Waals surface area contributed by atoms with Crippen molar-refractivity contribution in [3.63, 3.8) is 0 Å². The van der Waals surface area contributed by atoms with E-state index in [0.717, 1.165) is 0 Å². The van der Waals surface area contributed by atoms with E-state index < -0.39 is 5.97 Å². The number of ether oxygens (including phenoxy) is 2. The molecular formula is C15H14N2O3. The van der Waals surface area contributed by atoms with Crippen LogP contribution in [0.1, 0.15) is 34.7 Å². The van der Waals surface area contributed by atoms with Crippen LogP contribution in [0.4, 0.5) is 0 Å². The molecule has 1 fully saturated rings. The Morgan fingerprint density at radius 3 is 2.80 bits per heavy atom. The van der Waals surface area contributed by atoms with Crippen molar-refractivity contribution in [1.82, 2.24) is 10.2 Å². The minimum Gasteiger partial charge on any atom is -0.465 e. The second-order valence-electron chi connectivity index (χ2n) is 4.71. The predicted octanol–water partition coefficient (Wildman–Crippen LogP) is 2.93. The van der Waals surface area contributed by atoms with E-state index in [-0.39, 0.29) is 5.56 Å².